The third-order valence-electron chi connectivity index (χ3n) is 3.49. The molecule has 1 aliphatic heterocycles. The van der Waals surface area contributed by atoms with Crippen molar-refractivity contribution in [3.63, 3.8) is 0 Å². The summed E-state index contributed by atoms with van der Waals surface area (Å²) >= 11 is 0. The summed E-state index contributed by atoms with van der Waals surface area (Å²) in [6.45, 7) is 0.733. The van der Waals surface area contributed by atoms with Crippen molar-refractivity contribution in [2.45, 2.75) is 25.3 Å². The van der Waals surface area contributed by atoms with Crippen molar-refractivity contribution < 1.29 is 5.21 Å². The molecule has 2 heteroatoms. The van der Waals surface area contributed by atoms with E-state index in [1.807, 2.05) is 0 Å². The predicted molar refractivity (Wildman–Crippen MR) is 63.2 cm³/mol. The lowest BCUT2D eigenvalue weighted by molar-refractivity contribution is -0.119. The first-order valence-corrected chi connectivity index (χ1v) is 6.06. The normalized spacial score (nSPS) is 25.9. The minimum atomic E-state index is 0.0607. The summed E-state index contributed by atoms with van der Waals surface area (Å²) in [5.41, 5.74) is 2.63. The minimum absolute atomic E-state index is 0.0607. The van der Waals surface area contributed by atoms with Gasteiger partial charge in [0.1, 0.15) is 0 Å². The number of hydrogen-bond acceptors (Lipinski definition) is 2. The number of benzene rings is 1. The first-order chi connectivity index (χ1) is 7.84. The van der Waals surface area contributed by atoms with Gasteiger partial charge >= 0.3 is 0 Å². The van der Waals surface area contributed by atoms with Gasteiger partial charge in [0.05, 0.1) is 6.04 Å². The molecule has 0 saturated heterocycles. The Morgan fingerprint density at radius 1 is 1.19 bits per heavy atom. The van der Waals surface area contributed by atoms with Gasteiger partial charge in [0.15, 0.2) is 0 Å². The Hall–Kier alpha value is -1.12. The van der Waals surface area contributed by atoms with Crippen molar-refractivity contribution in [1.82, 2.24) is 5.06 Å². The lowest BCUT2D eigenvalue weighted by atomic mass is 9.93. The second kappa shape index (κ2) is 4.04. The second-order valence-electron chi connectivity index (χ2n) is 4.78. The quantitative estimate of drug-likeness (QED) is 0.767. The van der Waals surface area contributed by atoms with Gasteiger partial charge in [-0.05, 0) is 36.3 Å². The molecule has 1 N–H and O–H groups in total. The largest absolute Gasteiger partial charge is 0.313 e. The van der Waals surface area contributed by atoms with Crippen molar-refractivity contribution in [1.29, 1.82) is 0 Å². The van der Waals surface area contributed by atoms with Crippen LogP contribution in [0.15, 0.2) is 36.4 Å². The van der Waals surface area contributed by atoms with E-state index in [1.54, 1.807) is 0 Å². The van der Waals surface area contributed by atoms with Gasteiger partial charge in [-0.3, -0.25) is 0 Å². The van der Waals surface area contributed by atoms with Gasteiger partial charge in [0.25, 0.3) is 0 Å². The van der Waals surface area contributed by atoms with Crippen LogP contribution >= 0.6 is 0 Å². The van der Waals surface area contributed by atoms with E-state index in [4.69, 9.17) is 0 Å². The fourth-order valence-electron chi connectivity index (χ4n) is 2.34. The molecule has 0 spiro atoms. The average molecular weight is 215 g/mol. The highest BCUT2D eigenvalue weighted by Crippen LogP contribution is 2.34. The van der Waals surface area contributed by atoms with Crippen molar-refractivity contribution in [3.8, 4) is 0 Å². The molecule has 2 aliphatic rings. The first-order valence-electron chi connectivity index (χ1n) is 6.06. The third kappa shape index (κ3) is 1.91. The molecule has 1 fully saturated rings. The van der Waals surface area contributed by atoms with Crippen LogP contribution in [-0.2, 0) is 6.42 Å². The van der Waals surface area contributed by atoms with Gasteiger partial charge in [-0.1, -0.05) is 36.4 Å². The average Bonchev–Trinajstić information content (AvgIpc) is 3.12. The first kappa shape index (κ1) is 10.1. The van der Waals surface area contributed by atoms with Gasteiger partial charge in [-0.25, -0.2) is 0 Å². The van der Waals surface area contributed by atoms with Crippen molar-refractivity contribution >= 4 is 0 Å². The molecule has 1 aromatic rings. The maximum absolute atomic E-state index is 9.93. The Morgan fingerprint density at radius 2 is 2.00 bits per heavy atom. The molecule has 1 heterocycles. The highest BCUT2D eigenvalue weighted by Gasteiger charge is 2.25. The van der Waals surface area contributed by atoms with Gasteiger partial charge < -0.3 is 5.21 Å². The predicted octanol–water partition coefficient (Wildman–Crippen LogP) is 2.94. The highest BCUT2D eigenvalue weighted by molar-refractivity contribution is 5.34. The van der Waals surface area contributed by atoms with Crippen LogP contribution in [-0.4, -0.2) is 16.8 Å². The molecule has 2 nitrogen and oxygen atoms in total. The zero-order valence-electron chi connectivity index (χ0n) is 9.34. The number of allylic oxidation sites excluding steroid dienone is 1. The van der Waals surface area contributed by atoms with E-state index in [0.717, 1.165) is 18.9 Å². The summed E-state index contributed by atoms with van der Waals surface area (Å²) in [6.07, 6.45) is 8.00. The van der Waals surface area contributed by atoms with E-state index in [-0.39, 0.29) is 6.04 Å². The van der Waals surface area contributed by atoms with E-state index in [9.17, 15) is 5.21 Å². The van der Waals surface area contributed by atoms with Gasteiger partial charge in [-0.15, -0.1) is 0 Å². The maximum atomic E-state index is 9.93. The van der Waals surface area contributed by atoms with Crippen LogP contribution < -0.4 is 0 Å². The van der Waals surface area contributed by atoms with E-state index in [0.29, 0.717) is 0 Å². The van der Waals surface area contributed by atoms with Crippen LogP contribution in [0.25, 0.3) is 0 Å². The van der Waals surface area contributed by atoms with Crippen molar-refractivity contribution in [2.75, 3.05) is 6.54 Å². The number of nitrogens with zero attached hydrogens (tertiary/aromatic N) is 1. The van der Waals surface area contributed by atoms with E-state index >= 15 is 0 Å². The Labute approximate surface area is 96.2 Å². The molecule has 0 amide bonds. The molecule has 3 rings (SSSR count). The summed E-state index contributed by atoms with van der Waals surface area (Å²) in [4.78, 5) is 0. The molecule has 0 bridgehead atoms. The molecular formula is C14H17NO. The molecule has 0 unspecified atom stereocenters. The SMILES string of the molecule is ON1CCc2ccccc2[C@@H]1/C=C/C1CC1. The Morgan fingerprint density at radius 3 is 2.81 bits per heavy atom. The summed E-state index contributed by atoms with van der Waals surface area (Å²) in [5.74, 6) is 0.766. The van der Waals surface area contributed by atoms with E-state index in [1.165, 1.54) is 29.0 Å². The molecular weight excluding hydrogens is 198 g/mol. The van der Waals surface area contributed by atoms with Gasteiger partial charge in [0, 0.05) is 6.54 Å². The van der Waals surface area contributed by atoms with E-state index in [2.05, 4.69) is 36.4 Å². The summed E-state index contributed by atoms with van der Waals surface area (Å²) in [7, 11) is 0. The summed E-state index contributed by atoms with van der Waals surface area (Å²) in [5, 5.41) is 11.4. The molecule has 1 aromatic carbocycles. The number of rotatable bonds is 2. The second-order valence-corrected chi connectivity index (χ2v) is 4.78. The van der Waals surface area contributed by atoms with E-state index < -0.39 is 0 Å². The molecule has 1 aliphatic carbocycles. The fraction of sp³-hybridized carbons (Fsp3) is 0.429. The van der Waals surface area contributed by atoms with Crippen molar-refractivity contribution in [3.05, 3.63) is 47.5 Å². The standard InChI is InChI=1S/C14H17NO/c16-15-10-9-12-3-1-2-4-13(12)14(15)8-7-11-5-6-11/h1-4,7-8,11,14,16H,5-6,9-10H2/b8-7+/t14-/m0/s1. The van der Waals surface area contributed by atoms with Crippen LogP contribution in [0.3, 0.4) is 0 Å². The minimum Gasteiger partial charge on any atom is -0.313 e. The van der Waals surface area contributed by atoms with Crippen LogP contribution in [0.4, 0.5) is 0 Å². The third-order valence-corrected chi connectivity index (χ3v) is 3.49. The fourth-order valence-corrected chi connectivity index (χ4v) is 2.34. The zero-order valence-corrected chi connectivity index (χ0v) is 9.34. The number of hydroxylamine groups is 2. The summed E-state index contributed by atoms with van der Waals surface area (Å²) in [6, 6.07) is 8.48. The molecule has 1 saturated carbocycles. The lowest BCUT2D eigenvalue weighted by Crippen LogP contribution is -2.31. The van der Waals surface area contributed by atoms with Crippen LogP contribution in [0.1, 0.15) is 30.0 Å². The van der Waals surface area contributed by atoms with Crippen LogP contribution in [0, 0.1) is 5.92 Å². The zero-order chi connectivity index (χ0) is 11.0. The smallest absolute Gasteiger partial charge is 0.0783 e. The van der Waals surface area contributed by atoms with Crippen LogP contribution in [0.5, 0.6) is 0 Å². The molecule has 1 atom stereocenters. The maximum Gasteiger partial charge on any atom is 0.0783 e. The Balaban J connectivity index is 1.89. The Kier molecular flexibility index (Phi) is 2.54. The Bertz CT molecular complexity index is 409. The highest BCUT2D eigenvalue weighted by atomic mass is 16.5. The number of fused-ring (bicyclic) bond motifs is 1. The summed E-state index contributed by atoms with van der Waals surface area (Å²) < 4.78 is 0. The lowest BCUT2D eigenvalue weighted by Gasteiger charge is -2.30. The number of hydrogen-bond donors (Lipinski definition) is 1. The van der Waals surface area contributed by atoms with Gasteiger partial charge in [0.2, 0.25) is 0 Å². The monoisotopic (exact) mass is 215 g/mol. The molecule has 0 aromatic heterocycles. The molecule has 16 heavy (non-hydrogen) atoms. The molecule has 84 valence electrons. The topological polar surface area (TPSA) is 23.5 Å². The van der Waals surface area contributed by atoms with Gasteiger partial charge in [-0.2, -0.15) is 5.06 Å². The van der Waals surface area contributed by atoms with Crippen molar-refractivity contribution in [2.24, 2.45) is 5.92 Å². The van der Waals surface area contributed by atoms with Crippen LogP contribution in [0.2, 0.25) is 0 Å². The molecule has 0 radical (unpaired) electrons.